The first-order valence-electron chi connectivity index (χ1n) is 9.62. The van der Waals surface area contributed by atoms with Crippen LogP contribution >= 0.6 is 23.2 Å². The Balaban J connectivity index is 1.71. The standard InChI is InChI=1S/C22H23Cl2NO4/c1-2-3-11-28-22(27)25-13-17(14-25)20(16-9-10-18(23)19(24)12-16)29-21(26)15-7-5-4-6-8-15/h4-10,12,17,20H,2-3,11,13-14H2,1H3. The molecular weight excluding hydrogens is 413 g/mol. The summed E-state index contributed by atoms with van der Waals surface area (Å²) in [5.74, 6) is -0.482. The number of amides is 1. The van der Waals surface area contributed by atoms with Crippen molar-refractivity contribution in [3.05, 3.63) is 69.7 Å². The van der Waals surface area contributed by atoms with E-state index in [1.807, 2.05) is 13.0 Å². The average molecular weight is 436 g/mol. The van der Waals surface area contributed by atoms with E-state index in [1.165, 1.54) is 0 Å². The van der Waals surface area contributed by atoms with Gasteiger partial charge in [-0.2, -0.15) is 0 Å². The molecule has 1 unspecified atom stereocenters. The Morgan fingerprint density at radius 1 is 1.10 bits per heavy atom. The fourth-order valence-electron chi connectivity index (χ4n) is 3.13. The minimum atomic E-state index is -0.544. The summed E-state index contributed by atoms with van der Waals surface area (Å²) in [5.41, 5.74) is 1.21. The summed E-state index contributed by atoms with van der Waals surface area (Å²) in [7, 11) is 0. The molecule has 1 amide bonds. The molecule has 0 aromatic heterocycles. The number of nitrogens with zero attached hydrogens (tertiary/aromatic N) is 1. The molecule has 0 saturated carbocycles. The number of esters is 1. The van der Waals surface area contributed by atoms with Gasteiger partial charge in [0.1, 0.15) is 6.10 Å². The molecule has 0 N–H and O–H groups in total. The lowest BCUT2D eigenvalue weighted by atomic mass is 9.89. The number of unbranched alkanes of at least 4 members (excludes halogenated alkanes) is 1. The number of ether oxygens (including phenoxy) is 2. The second kappa shape index (κ2) is 9.99. The molecule has 5 nitrogen and oxygen atoms in total. The van der Waals surface area contributed by atoms with Gasteiger partial charge in [-0.05, 0) is 36.2 Å². The first kappa shape index (κ1) is 21.5. The van der Waals surface area contributed by atoms with Crippen molar-refractivity contribution in [1.29, 1.82) is 0 Å². The summed E-state index contributed by atoms with van der Waals surface area (Å²) in [4.78, 5) is 26.3. The highest BCUT2D eigenvalue weighted by Crippen LogP contribution is 2.36. The summed E-state index contributed by atoms with van der Waals surface area (Å²) in [6.07, 6.45) is 0.920. The molecule has 1 aliphatic rings. The zero-order chi connectivity index (χ0) is 20.8. The summed E-state index contributed by atoms with van der Waals surface area (Å²) in [6, 6.07) is 14.0. The lowest BCUT2D eigenvalue weighted by molar-refractivity contribution is -0.0296. The molecule has 29 heavy (non-hydrogen) atoms. The third kappa shape index (κ3) is 5.43. The Bertz CT molecular complexity index is 853. The van der Waals surface area contributed by atoms with Gasteiger partial charge in [0.2, 0.25) is 0 Å². The monoisotopic (exact) mass is 435 g/mol. The van der Waals surface area contributed by atoms with Crippen molar-refractivity contribution in [2.75, 3.05) is 19.7 Å². The highest BCUT2D eigenvalue weighted by Gasteiger charge is 2.40. The Kier molecular flexibility index (Phi) is 7.40. The molecular formula is C22H23Cl2NO4. The quantitative estimate of drug-likeness (QED) is 0.409. The maximum atomic E-state index is 12.6. The van der Waals surface area contributed by atoms with Gasteiger partial charge in [0.15, 0.2) is 0 Å². The van der Waals surface area contributed by atoms with Crippen molar-refractivity contribution >= 4 is 35.3 Å². The zero-order valence-corrected chi connectivity index (χ0v) is 17.7. The minimum Gasteiger partial charge on any atom is -0.453 e. The molecule has 0 radical (unpaired) electrons. The molecule has 1 aliphatic heterocycles. The molecule has 1 heterocycles. The van der Waals surface area contributed by atoms with E-state index >= 15 is 0 Å². The van der Waals surface area contributed by atoms with Gasteiger partial charge in [-0.3, -0.25) is 0 Å². The minimum absolute atomic E-state index is 0.0568. The van der Waals surface area contributed by atoms with Crippen LogP contribution in [0.1, 0.15) is 41.8 Å². The molecule has 0 spiro atoms. The Morgan fingerprint density at radius 3 is 2.48 bits per heavy atom. The van der Waals surface area contributed by atoms with Crippen molar-refractivity contribution < 1.29 is 19.1 Å². The van der Waals surface area contributed by atoms with Crippen LogP contribution in [-0.4, -0.2) is 36.7 Å². The number of carbonyl (C=O) groups excluding carboxylic acids is 2. The summed E-state index contributed by atoms with van der Waals surface area (Å²) < 4.78 is 11.1. The van der Waals surface area contributed by atoms with Crippen LogP contribution in [0.15, 0.2) is 48.5 Å². The predicted molar refractivity (Wildman–Crippen MR) is 112 cm³/mol. The van der Waals surface area contributed by atoms with Crippen LogP contribution in [0.3, 0.4) is 0 Å². The maximum absolute atomic E-state index is 12.6. The Labute approximate surface area is 180 Å². The molecule has 2 aromatic carbocycles. The van der Waals surface area contributed by atoms with Gasteiger partial charge >= 0.3 is 12.1 Å². The second-order valence-electron chi connectivity index (χ2n) is 7.00. The number of halogens is 2. The maximum Gasteiger partial charge on any atom is 0.409 e. The first-order chi connectivity index (χ1) is 14.0. The van der Waals surface area contributed by atoms with Crippen molar-refractivity contribution in [3.8, 4) is 0 Å². The zero-order valence-electron chi connectivity index (χ0n) is 16.1. The number of rotatable bonds is 7. The van der Waals surface area contributed by atoms with E-state index in [2.05, 4.69) is 0 Å². The molecule has 1 saturated heterocycles. The van der Waals surface area contributed by atoms with Gasteiger partial charge in [-0.25, -0.2) is 9.59 Å². The number of hydrogen-bond acceptors (Lipinski definition) is 4. The summed E-state index contributed by atoms with van der Waals surface area (Å²) in [5, 5.41) is 0.818. The normalized spacial score (nSPS) is 14.8. The fourth-order valence-corrected chi connectivity index (χ4v) is 3.44. The first-order valence-corrected chi connectivity index (χ1v) is 10.4. The van der Waals surface area contributed by atoms with Crippen molar-refractivity contribution in [2.24, 2.45) is 5.92 Å². The van der Waals surface area contributed by atoms with Crippen molar-refractivity contribution in [1.82, 2.24) is 4.90 Å². The lowest BCUT2D eigenvalue weighted by Crippen LogP contribution is -2.53. The lowest BCUT2D eigenvalue weighted by Gasteiger charge is -2.42. The average Bonchev–Trinajstić information content (AvgIpc) is 2.69. The molecule has 2 aromatic rings. The highest BCUT2D eigenvalue weighted by atomic mass is 35.5. The fraction of sp³-hybridized carbons (Fsp3) is 0.364. The molecule has 7 heteroatoms. The third-order valence-corrected chi connectivity index (χ3v) is 5.57. The van der Waals surface area contributed by atoms with Gasteiger partial charge in [-0.15, -0.1) is 0 Å². The van der Waals surface area contributed by atoms with E-state index in [0.29, 0.717) is 35.3 Å². The third-order valence-electron chi connectivity index (χ3n) is 4.84. The van der Waals surface area contributed by atoms with E-state index in [4.69, 9.17) is 32.7 Å². The molecule has 3 rings (SSSR count). The van der Waals surface area contributed by atoms with E-state index in [0.717, 1.165) is 18.4 Å². The van der Waals surface area contributed by atoms with Gasteiger partial charge < -0.3 is 14.4 Å². The SMILES string of the molecule is CCCCOC(=O)N1CC(C(OC(=O)c2ccccc2)c2ccc(Cl)c(Cl)c2)C1. The van der Waals surface area contributed by atoms with Crippen LogP contribution < -0.4 is 0 Å². The molecule has 1 atom stereocenters. The Morgan fingerprint density at radius 2 is 1.83 bits per heavy atom. The molecule has 1 fully saturated rings. The van der Waals surface area contributed by atoms with Crippen LogP contribution in [0, 0.1) is 5.92 Å². The second-order valence-corrected chi connectivity index (χ2v) is 7.81. The molecule has 0 aliphatic carbocycles. The van der Waals surface area contributed by atoms with Crippen molar-refractivity contribution in [2.45, 2.75) is 25.9 Å². The number of benzene rings is 2. The smallest absolute Gasteiger partial charge is 0.409 e. The van der Waals surface area contributed by atoms with Crippen LogP contribution in [0.5, 0.6) is 0 Å². The van der Waals surface area contributed by atoms with Gasteiger partial charge in [0.25, 0.3) is 0 Å². The van der Waals surface area contributed by atoms with Gasteiger partial charge in [0.05, 0.1) is 22.2 Å². The largest absolute Gasteiger partial charge is 0.453 e. The van der Waals surface area contributed by atoms with E-state index in [-0.39, 0.29) is 12.0 Å². The number of likely N-dealkylation sites (tertiary alicyclic amines) is 1. The van der Waals surface area contributed by atoms with Crippen LogP contribution in [0.4, 0.5) is 4.79 Å². The van der Waals surface area contributed by atoms with E-state index in [1.54, 1.807) is 47.4 Å². The number of hydrogen-bond donors (Lipinski definition) is 0. The summed E-state index contributed by atoms with van der Waals surface area (Å²) >= 11 is 12.2. The molecule has 154 valence electrons. The van der Waals surface area contributed by atoms with E-state index < -0.39 is 12.1 Å². The topological polar surface area (TPSA) is 55.8 Å². The summed E-state index contributed by atoms with van der Waals surface area (Å²) in [6.45, 7) is 3.34. The van der Waals surface area contributed by atoms with E-state index in [9.17, 15) is 9.59 Å². The molecule has 0 bridgehead atoms. The predicted octanol–water partition coefficient (Wildman–Crippen LogP) is 5.76. The van der Waals surface area contributed by atoms with Crippen LogP contribution in [0.25, 0.3) is 0 Å². The highest BCUT2D eigenvalue weighted by molar-refractivity contribution is 6.42. The van der Waals surface area contributed by atoms with Crippen LogP contribution in [-0.2, 0) is 9.47 Å². The number of carbonyl (C=O) groups is 2. The van der Waals surface area contributed by atoms with Crippen LogP contribution in [0.2, 0.25) is 10.0 Å². The van der Waals surface area contributed by atoms with Gasteiger partial charge in [-0.1, -0.05) is 60.8 Å². The van der Waals surface area contributed by atoms with Gasteiger partial charge in [0, 0.05) is 19.0 Å². The van der Waals surface area contributed by atoms with Crippen molar-refractivity contribution in [3.63, 3.8) is 0 Å². The Hall–Kier alpha value is -2.24.